The van der Waals surface area contributed by atoms with E-state index in [1.807, 2.05) is 24.3 Å². The van der Waals surface area contributed by atoms with Gasteiger partial charge in [0.15, 0.2) is 0 Å². The van der Waals surface area contributed by atoms with Gasteiger partial charge in [-0.3, -0.25) is 0 Å². The van der Waals surface area contributed by atoms with E-state index in [1.54, 1.807) is 6.07 Å². The maximum Gasteiger partial charge on any atom is 0.453 e. The number of nitrogens with zero attached hydrogens (tertiary/aromatic N) is 5. The number of nitrogens with one attached hydrogen (secondary N) is 1. The minimum absolute atomic E-state index is 0.149. The van der Waals surface area contributed by atoms with Crippen molar-refractivity contribution in [1.82, 2.24) is 25.1 Å². The average Bonchev–Trinajstić information content (AvgIpc) is 3.34. The summed E-state index contributed by atoms with van der Waals surface area (Å²) < 4.78 is 45.5. The minimum Gasteiger partial charge on any atom is -0.496 e. The number of carboxylic acid groups (broad SMARTS) is 1. The summed E-state index contributed by atoms with van der Waals surface area (Å²) in [5.74, 6) is -0.723. The lowest BCUT2D eigenvalue weighted by atomic mass is 9.95. The predicted molar refractivity (Wildman–Crippen MR) is 116 cm³/mol. The van der Waals surface area contributed by atoms with Crippen LogP contribution in [-0.2, 0) is 12.7 Å². The van der Waals surface area contributed by atoms with Crippen LogP contribution >= 0.6 is 0 Å². The lowest BCUT2D eigenvalue weighted by Crippen LogP contribution is -2.37. The van der Waals surface area contributed by atoms with Crippen molar-refractivity contribution in [2.45, 2.75) is 38.0 Å². The maximum atomic E-state index is 13.2. The molecule has 1 aliphatic rings. The van der Waals surface area contributed by atoms with Crippen molar-refractivity contribution in [2.24, 2.45) is 0 Å². The summed E-state index contributed by atoms with van der Waals surface area (Å²) in [5.41, 5.74) is 2.45. The van der Waals surface area contributed by atoms with Gasteiger partial charge in [0, 0.05) is 24.3 Å². The second-order valence-corrected chi connectivity index (χ2v) is 7.87. The largest absolute Gasteiger partial charge is 0.496 e. The molecular formula is C22H23F3N6O3. The van der Waals surface area contributed by atoms with Gasteiger partial charge < -0.3 is 20.1 Å². The number of tetrazole rings is 1. The minimum atomic E-state index is -4.70. The quantitative estimate of drug-likeness (QED) is 0.539. The Morgan fingerprint density at radius 2 is 1.97 bits per heavy atom. The van der Waals surface area contributed by atoms with Gasteiger partial charge in [-0.05, 0) is 65.6 Å². The van der Waals surface area contributed by atoms with E-state index in [2.05, 4.69) is 20.8 Å². The summed E-state index contributed by atoms with van der Waals surface area (Å²) in [7, 11) is 1.48. The lowest BCUT2D eigenvalue weighted by molar-refractivity contribution is -0.146. The first kappa shape index (κ1) is 23.3. The van der Waals surface area contributed by atoms with Gasteiger partial charge in [-0.15, -0.1) is 5.10 Å². The molecule has 1 amide bonds. The van der Waals surface area contributed by atoms with E-state index in [0.29, 0.717) is 22.5 Å². The van der Waals surface area contributed by atoms with Gasteiger partial charge in [0.05, 0.1) is 18.8 Å². The first-order chi connectivity index (χ1) is 16.3. The highest BCUT2D eigenvalue weighted by atomic mass is 19.4. The van der Waals surface area contributed by atoms with Gasteiger partial charge in [0.2, 0.25) is 0 Å². The van der Waals surface area contributed by atoms with Crippen LogP contribution in [0.1, 0.15) is 42.3 Å². The number of halogens is 3. The van der Waals surface area contributed by atoms with Crippen LogP contribution in [0.15, 0.2) is 42.5 Å². The molecular weight excluding hydrogens is 453 g/mol. The molecule has 1 aromatic heterocycles. The Labute approximate surface area is 193 Å². The number of benzene rings is 2. The number of carbonyl (C=O) groups is 1. The highest BCUT2D eigenvalue weighted by Gasteiger charge is 2.38. The van der Waals surface area contributed by atoms with Gasteiger partial charge in [0.1, 0.15) is 5.75 Å². The van der Waals surface area contributed by atoms with Crippen LogP contribution < -0.4 is 10.1 Å². The van der Waals surface area contributed by atoms with Crippen LogP contribution in [0.4, 0.5) is 23.7 Å². The number of anilines is 1. The number of ether oxygens (including phenoxy) is 1. The van der Waals surface area contributed by atoms with Crippen LogP contribution in [-0.4, -0.2) is 50.0 Å². The summed E-state index contributed by atoms with van der Waals surface area (Å²) in [4.78, 5) is 13.0. The molecule has 12 heteroatoms. The average molecular weight is 476 g/mol. The Kier molecular flexibility index (Phi) is 6.57. The van der Waals surface area contributed by atoms with Crippen molar-refractivity contribution in [1.29, 1.82) is 0 Å². The summed E-state index contributed by atoms with van der Waals surface area (Å²) >= 11 is 0. The lowest BCUT2D eigenvalue weighted by Gasteiger charge is -2.33. The topological polar surface area (TPSA) is 105 Å². The van der Waals surface area contributed by atoms with Crippen molar-refractivity contribution < 1.29 is 27.8 Å². The molecule has 1 atom stereocenters. The fraction of sp³-hybridized carbons (Fsp3) is 0.364. The molecule has 1 unspecified atom stereocenters. The molecule has 0 spiro atoms. The monoisotopic (exact) mass is 476 g/mol. The van der Waals surface area contributed by atoms with Gasteiger partial charge in [-0.1, -0.05) is 12.1 Å². The van der Waals surface area contributed by atoms with Gasteiger partial charge in [0.25, 0.3) is 5.82 Å². The van der Waals surface area contributed by atoms with Gasteiger partial charge in [-0.2, -0.15) is 17.9 Å². The Bertz CT molecular complexity index is 1150. The van der Waals surface area contributed by atoms with Crippen LogP contribution in [0.25, 0.3) is 5.69 Å². The molecule has 2 heterocycles. The number of hydrogen-bond acceptors (Lipinski definition) is 6. The van der Waals surface area contributed by atoms with Crippen molar-refractivity contribution in [2.75, 3.05) is 19.0 Å². The van der Waals surface area contributed by atoms with Crippen molar-refractivity contribution in [3.63, 3.8) is 0 Å². The van der Waals surface area contributed by atoms with Gasteiger partial charge >= 0.3 is 12.3 Å². The Morgan fingerprint density at radius 3 is 2.65 bits per heavy atom. The molecule has 34 heavy (non-hydrogen) atoms. The third-order valence-corrected chi connectivity index (χ3v) is 5.76. The summed E-state index contributed by atoms with van der Waals surface area (Å²) in [6, 6.07) is 11.8. The Balaban J connectivity index is 1.51. The highest BCUT2D eigenvalue weighted by Crippen LogP contribution is 2.32. The number of amides is 1. The standard InChI is InChI=1S/C22H23F3N6O3/c1-34-19-10-9-17(31-20(22(23,24)25)27-28-29-31)12-15(19)13-26-16-7-5-14(6-8-16)18-4-2-3-11-30(18)21(32)33/h5-10,12,18,26H,2-4,11,13H2,1H3,(H,32,33). The molecule has 0 saturated carbocycles. The third-order valence-electron chi connectivity index (χ3n) is 5.76. The Morgan fingerprint density at radius 1 is 1.21 bits per heavy atom. The zero-order valence-electron chi connectivity index (χ0n) is 18.3. The van der Waals surface area contributed by atoms with Crippen LogP contribution in [0.5, 0.6) is 5.75 Å². The molecule has 0 aliphatic carbocycles. The third kappa shape index (κ3) is 4.90. The first-order valence-corrected chi connectivity index (χ1v) is 10.6. The highest BCUT2D eigenvalue weighted by molar-refractivity contribution is 5.66. The molecule has 1 fully saturated rings. The van der Waals surface area contributed by atoms with E-state index in [9.17, 15) is 23.1 Å². The number of aromatic nitrogens is 4. The molecule has 180 valence electrons. The first-order valence-electron chi connectivity index (χ1n) is 10.6. The number of hydrogen-bond donors (Lipinski definition) is 2. The van der Waals surface area contributed by atoms with E-state index in [4.69, 9.17) is 4.74 Å². The molecule has 3 aromatic rings. The molecule has 1 saturated heterocycles. The molecule has 0 bridgehead atoms. The number of likely N-dealkylation sites (tertiary alicyclic amines) is 1. The van der Waals surface area contributed by atoms with Crippen LogP contribution in [0.2, 0.25) is 0 Å². The van der Waals surface area contributed by atoms with E-state index in [1.165, 1.54) is 24.1 Å². The van der Waals surface area contributed by atoms with Crippen molar-refractivity contribution >= 4 is 11.8 Å². The Hall–Kier alpha value is -3.83. The predicted octanol–water partition coefficient (Wildman–Crippen LogP) is 4.51. The van der Waals surface area contributed by atoms with Crippen LogP contribution in [0.3, 0.4) is 0 Å². The normalized spacial score (nSPS) is 16.4. The summed E-state index contributed by atoms with van der Waals surface area (Å²) in [5, 5.41) is 22.4. The summed E-state index contributed by atoms with van der Waals surface area (Å²) in [6.07, 6.45) is -3.01. The van der Waals surface area contributed by atoms with E-state index < -0.39 is 18.1 Å². The van der Waals surface area contributed by atoms with Crippen LogP contribution in [0, 0.1) is 0 Å². The summed E-state index contributed by atoms with van der Waals surface area (Å²) in [6.45, 7) is 0.790. The fourth-order valence-electron chi connectivity index (χ4n) is 4.10. The van der Waals surface area contributed by atoms with E-state index in [-0.39, 0.29) is 18.3 Å². The number of piperidine rings is 1. The van der Waals surface area contributed by atoms with Crippen molar-refractivity contribution in [3.05, 3.63) is 59.4 Å². The second kappa shape index (κ2) is 9.57. The molecule has 9 nitrogen and oxygen atoms in total. The number of methoxy groups -OCH3 is 1. The van der Waals surface area contributed by atoms with E-state index >= 15 is 0 Å². The molecule has 2 N–H and O–H groups in total. The fourth-order valence-corrected chi connectivity index (χ4v) is 4.10. The maximum absolute atomic E-state index is 13.2. The smallest absolute Gasteiger partial charge is 0.453 e. The number of alkyl halides is 3. The molecule has 2 aromatic carbocycles. The van der Waals surface area contributed by atoms with Crippen molar-refractivity contribution in [3.8, 4) is 11.4 Å². The zero-order valence-corrected chi connectivity index (χ0v) is 18.3. The van der Waals surface area contributed by atoms with Gasteiger partial charge in [-0.25, -0.2) is 4.79 Å². The second-order valence-electron chi connectivity index (χ2n) is 7.87. The van der Waals surface area contributed by atoms with E-state index in [0.717, 1.165) is 30.5 Å². The molecule has 4 rings (SSSR count). The SMILES string of the molecule is COc1ccc(-n2nnnc2C(F)(F)F)cc1CNc1ccc(C2CCCCN2C(=O)O)cc1. The zero-order chi connectivity index (χ0) is 24.3. The number of rotatable bonds is 6. The molecule has 1 aliphatic heterocycles. The molecule has 0 radical (unpaired) electrons.